The fourth-order valence-corrected chi connectivity index (χ4v) is 6.42. The molecule has 8 heteroatoms. The Morgan fingerprint density at radius 2 is 1.69 bits per heavy atom. The first-order chi connectivity index (χ1) is 15.1. The van der Waals surface area contributed by atoms with Gasteiger partial charge < -0.3 is 15.5 Å². The topological polar surface area (TPSA) is 55.7 Å². The van der Waals surface area contributed by atoms with Crippen LogP contribution in [0.4, 0.5) is 0 Å². The third-order valence-electron chi connectivity index (χ3n) is 5.43. The summed E-state index contributed by atoms with van der Waals surface area (Å²) in [5.74, 6) is 0.655. The van der Waals surface area contributed by atoms with Crippen molar-refractivity contribution in [1.29, 1.82) is 0 Å². The Hall–Kier alpha value is -0.310. The highest BCUT2D eigenvalue weighted by Gasteiger charge is 2.28. The van der Waals surface area contributed by atoms with Gasteiger partial charge in [-0.2, -0.15) is 0 Å². The molecule has 0 heterocycles. The van der Waals surface area contributed by atoms with Gasteiger partial charge in [-0.15, -0.1) is 0 Å². The standard InChI is InChI=1S/C23H29BrCl2N2OS.CH4O/c1-23(2,12-15-8-16-6-4-5-7-17(16)9-15)27-13-19(29)14-28(3)30-22-20(25)10-18(24)11-21(22)26;1-2/h4-7,10-11,15,19,27,29H,8-9,12-14H2,1-3H3;2H,1H3. The molecule has 2 aromatic carbocycles. The number of fused-ring (bicyclic) bond motifs is 1. The van der Waals surface area contributed by atoms with Crippen molar-refractivity contribution in [2.24, 2.45) is 5.92 Å². The van der Waals surface area contributed by atoms with Crippen LogP contribution in [-0.2, 0) is 12.8 Å². The number of likely N-dealkylation sites (N-methyl/N-ethyl adjacent to an activating group) is 1. The second-order valence-electron chi connectivity index (χ2n) is 8.77. The van der Waals surface area contributed by atoms with E-state index in [9.17, 15) is 5.11 Å². The molecule has 0 fully saturated rings. The zero-order valence-electron chi connectivity index (χ0n) is 19.0. The predicted octanol–water partition coefficient (Wildman–Crippen LogP) is 5.84. The number of hydrogen-bond donors (Lipinski definition) is 3. The summed E-state index contributed by atoms with van der Waals surface area (Å²) in [7, 11) is 2.93. The van der Waals surface area contributed by atoms with Crippen molar-refractivity contribution in [3.63, 3.8) is 0 Å². The Morgan fingerprint density at radius 1 is 1.16 bits per heavy atom. The molecule has 1 atom stereocenters. The second-order valence-corrected chi connectivity index (χ2v) is 11.7. The van der Waals surface area contributed by atoms with E-state index in [1.165, 1.54) is 23.1 Å². The average Bonchev–Trinajstić information content (AvgIpc) is 3.12. The largest absolute Gasteiger partial charge is 0.400 e. The molecule has 2 aromatic rings. The minimum atomic E-state index is -0.490. The lowest BCUT2D eigenvalue weighted by Gasteiger charge is -2.31. The zero-order valence-corrected chi connectivity index (χ0v) is 23.0. The fraction of sp³-hybridized carbons (Fsp3) is 0.500. The van der Waals surface area contributed by atoms with Crippen LogP contribution in [0.3, 0.4) is 0 Å². The maximum Gasteiger partial charge on any atom is 0.0800 e. The maximum atomic E-state index is 10.6. The number of β-amino-alcohol motifs (C(OH)–C–C–N with tert-alkyl or cyclic N) is 1. The van der Waals surface area contributed by atoms with E-state index in [4.69, 9.17) is 28.3 Å². The van der Waals surface area contributed by atoms with Gasteiger partial charge in [0.15, 0.2) is 0 Å². The summed E-state index contributed by atoms with van der Waals surface area (Å²) in [5, 5.41) is 22.3. The molecule has 1 aliphatic carbocycles. The van der Waals surface area contributed by atoms with Crippen LogP contribution in [0.2, 0.25) is 10.0 Å². The summed E-state index contributed by atoms with van der Waals surface area (Å²) in [6.07, 6.45) is 2.90. The lowest BCUT2D eigenvalue weighted by molar-refractivity contribution is 0.138. The van der Waals surface area contributed by atoms with Gasteiger partial charge in [0.2, 0.25) is 0 Å². The van der Waals surface area contributed by atoms with E-state index in [1.54, 1.807) is 0 Å². The van der Waals surface area contributed by atoms with Crippen molar-refractivity contribution >= 4 is 51.1 Å². The molecule has 178 valence electrons. The summed E-state index contributed by atoms with van der Waals surface area (Å²) >= 11 is 17.5. The third-order valence-corrected chi connectivity index (χ3v) is 7.79. The Bertz CT molecular complexity index is 837. The van der Waals surface area contributed by atoms with Crippen molar-refractivity contribution in [2.75, 3.05) is 27.2 Å². The maximum absolute atomic E-state index is 10.6. The van der Waals surface area contributed by atoms with Crippen LogP contribution < -0.4 is 5.32 Å². The summed E-state index contributed by atoms with van der Waals surface area (Å²) < 4.78 is 2.81. The molecular formula is C24H33BrCl2N2O2S. The van der Waals surface area contributed by atoms with Gasteiger partial charge in [-0.1, -0.05) is 63.4 Å². The van der Waals surface area contributed by atoms with Crippen LogP contribution in [0.25, 0.3) is 0 Å². The molecule has 0 saturated heterocycles. The molecule has 0 amide bonds. The van der Waals surface area contributed by atoms with Gasteiger partial charge in [0.25, 0.3) is 0 Å². The number of aliphatic hydroxyl groups is 2. The zero-order chi connectivity index (χ0) is 23.9. The number of nitrogens with one attached hydrogen (secondary N) is 1. The molecule has 0 bridgehead atoms. The Balaban J connectivity index is 0.00000176. The molecule has 0 saturated carbocycles. The van der Waals surface area contributed by atoms with Crippen molar-refractivity contribution in [3.8, 4) is 0 Å². The van der Waals surface area contributed by atoms with Crippen LogP contribution in [0.15, 0.2) is 45.8 Å². The monoisotopic (exact) mass is 562 g/mol. The number of benzene rings is 2. The van der Waals surface area contributed by atoms with Crippen LogP contribution >= 0.6 is 51.1 Å². The molecule has 1 unspecified atom stereocenters. The van der Waals surface area contributed by atoms with E-state index in [2.05, 4.69) is 59.4 Å². The second kappa shape index (κ2) is 13.0. The molecule has 32 heavy (non-hydrogen) atoms. The number of nitrogens with zero attached hydrogens (tertiary/aromatic N) is 1. The van der Waals surface area contributed by atoms with E-state index in [-0.39, 0.29) is 5.54 Å². The molecule has 1 aliphatic rings. The van der Waals surface area contributed by atoms with Crippen LogP contribution in [0.5, 0.6) is 0 Å². The van der Waals surface area contributed by atoms with Gasteiger partial charge in [-0.25, -0.2) is 4.31 Å². The fourth-order valence-electron chi connectivity index (χ4n) is 4.15. The van der Waals surface area contributed by atoms with Crippen molar-refractivity contribution in [2.45, 2.75) is 49.6 Å². The molecular weight excluding hydrogens is 531 g/mol. The van der Waals surface area contributed by atoms with Crippen molar-refractivity contribution < 1.29 is 10.2 Å². The summed E-state index contributed by atoms with van der Waals surface area (Å²) in [6.45, 7) is 5.50. The quantitative estimate of drug-likeness (QED) is 0.335. The first-order valence-corrected chi connectivity index (χ1v) is 12.9. The van der Waals surface area contributed by atoms with Crippen LogP contribution in [0.1, 0.15) is 31.4 Å². The van der Waals surface area contributed by atoms with Gasteiger partial charge in [-0.3, -0.25) is 0 Å². The summed E-state index contributed by atoms with van der Waals surface area (Å²) in [6, 6.07) is 12.4. The third kappa shape index (κ3) is 8.48. The first-order valence-electron chi connectivity index (χ1n) is 10.6. The highest BCUT2D eigenvalue weighted by Crippen LogP contribution is 2.38. The van der Waals surface area contributed by atoms with E-state index in [1.807, 2.05) is 23.5 Å². The number of hydrogen-bond acceptors (Lipinski definition) is 5. The minimum absolute atomic E-state index is 0.0300. The van der Waals surface area contributed by atoms with Crippen molar-refractivity contribution in [3.05, 3.63) is 62.0 Å². The first kappa shape index (κ1) is 27.9. The smallest absolute Gasteiger partial charge is 0.0800 e. The molecule has 3 N–H and O–H groups in total. The Kier molecular flexibility index (Phi) is 11.3. The molecule has 3 rings (SSSR count). The number of aliphatic hydroxyl groups excluding tert-OH is 2. The number of halogens is 3. The summed E-state index contributed by atoms with van der Waals surface area (Å²) in [5.41, 5.74) is 2.95. The number of rotatable bonds is 9. The van der Waals surface area contributed by atoms with Gasteiger partial charge in [0, 0.05) is 30.2 Å². The predicted molar refractivity (Wildman–Crippen MR) is 141 cm³/mol. The normalized spacial score (nSPS) is 14.8. The highest BCUT2D eigenvalue weighted by molar-refractivity contribution is 9.10. The summed E-state index contributed by atoms with van der Waals surface area (Å²) in [4.78, 5) is 0.797. The molecule has 0 aromatic heterocycles. The Morgan fingerprint density at radius 3 is 2.22 bits per heavy atom. The van der Waals surface area contributed by atoms with Gasteiger partial charge in [0.05, 0.1) is 21.0 Å². The lowest BCUT2D eigenvalue weighted by Crippen LogP contribution is -2.46. The van der Waals surface area contributed by atoms with E-state index >= 15 is 0 Å². The highest BCUT2D eigenvalue weighted by atomic mass is 79.9. The lowest BCUT2D eigenvalue weighted by atomic mass is 9.88. The van der Waals surface area contributed by atoms with Gasteiger partial charge in [0.1, 0.15) is 0 Å². The van der Waals surface area contributed by atoms with Gasteiger partial charge >= 0.3 is 0 Å². The average molecular weight is 564 g/mol. The molecule has 4 nitrogen and oxygen atoms in total. The van der Waals surface area contributed by atoms with Crippen molar-refractivity contribution in [1.82, 2.24) is 9.62 Å². The molecule has 0 aliphatic heterocycles. The van der Waals surface area contributed by atoms with Crippen LogP contribution in [0, 0.1) is 5.92 Å². The molecule has 0 spiro atoms. The SMILES string of the molecule is CN(CC(O)CNC(C)(C)CC1Cc2ccccc2C1)Sc1c(Cl)cc(Br)cc1Cl.CO. The van der Waals surface area contributed by atoms with Crippen LogP contribution in [-0.4, -0.2) is 53.4 Å². The van der Waals surface area contributed by atoms with E-state index in [0.717, 1.165) is 35.7 Å². The van der Waals surface area contributed by atoms with Gasteiger partial charge in [-0.05, 0) is 81.3 Å². The molecule has 0 radical (unpaired) electrons. The van der Waals surface area contributed by atoms with E-state index < -0.39 is 6.10 Å². The Labute approximate surface area is 214 Å². The minimum Gasteiger partial charge on any atom is -0.400 e. The van der Waals surface area contributed by atoms with E-state index in [0.29, 0.717) is 29.1 Å².